The van der Waals surface area contributed by atoms with Crippen LogP contribution in [0.5, 0.6) is 17.2 Å². The van der Waals surface area contributed by atoms with Gasteiger partial charge in [0.05, 0.1) is 24.8 Å². The minimum Gasteiger partial charge on any atom is -0.497 e. The van der Waals surface area contributed by atoms with Gasteiger partial charge in [0.2, 0.25) is 0 Å². The number of likely N-dealkylation sites (N-methyl/N-ethyl adjacent to an activating group) is 1. The molecule has 0 spiro atoms. The number of urea groups is 1. The highest BCUT2D eigenvalue weighted by Gasteiger charge is 2.15. The van der Waals surface area contributed by atoms with Crippen LogP contribution >= 0.6 is 0 Å². The Labute approximate surface area is 188 Å². The molecule has 0 fully saturated rings. The number of benzene rings is 3. The molecule has 1 atom stereocenters. The molecule has 3 rings (SSSR count). The molecule has 7 heteroatoms. The molecule has 2 N–H and O–H groups in total. The molecule has 0 aliphatic heterocycles. The van der Waals surface area contributed by atoms with E-state index in [9.17, 15) is 4.79 Å². The van der Waals surface area contributed by atoms with Gasteiger partial charge in [-0.2, -0.15) is 5.26 Å². The van der Waals surface area contributed by atoms with Crippen LogP contribution in [0.3, 0.4) is 0 Å². The number of nitrogens with one attached hydrogen (secondary N) is 2. The Morgan fingerprint density at radius 2 is 1.50 bits per heavy atom. The molecule has 164 valence electrons. The van der Waals surface area contributed by atoms with Crippen molar-refractivity contribution >= 4 is 11.7 Å². The van der Waals surface area contributed by atoms with E-state index in [1.165, 1.54) is 0 Å². The molecule has 0 saturated carbocycles. The van der Waals surface area contributed by atoms with E-state index < -0.39 is 0 Å². The van der Waals surface area contributed by atoms with Crippen LogP contribution in [0.4, 0.5) is 10.5 Å². The van der Waals surface area contributed by atoms with Gasteiger partial charge in [0.25, 0.3) is 0 Å². The second-order valence-electron chi connectivity index (χ2n) is 7.35. The topological polar surface area (TPSA) is 86.6 Å². The first-order chi connectivity index (χ1) is 15.5. The van der Waals surface area contributed by atoms with Gasteiger partial charge in [0.1, 0.15) is 17.2 Å². The Morgan fingerprint density at radius 1 is 0.938 bits per heavy atom. The number of hydrogen-bond acceptors (Lipinski definition) is 5. The lowest BCUT2D eigenvalue weighted by Gasteiger charge is -2.25. The first kappa shape index (κ1) is 22.7. The largest absolute Gasteiger partial charge is 0.497 e. The van der Waals surface area contributed by atoms with Crippen LogP contribution in [-0.4, -0.2) is 38.7 Å². The number of methoxy groups -OCH3 is 1. The number of anilines is 1. The van der Waals surface area contributed by atoms with Crippen LogP contribution in [0.15, 0.2) is 72.8 Å². The summed E-state index contributed by atoms with van der Waals surface area (Å²) in [5, 5.41) is 14.6. The van der Waals surface area contributed by atoms with Crippen molar-refractivity contribution in [1.82, 2.24) is 10.2 Å². The number of ether oxygens (including phenoxy) is 2. The molecule has 0 aliphatic carbocycles. The molecule has 0 heterocycles. The highest BCUT2D eigenvalue weighted by Crippen LogP contribution is 2.24. The maximum absolute atomic E-state index is 12.4. The summed E-state index contributed by atoms with van der Waals surface area (Å²) in [6.45, 7) is 0.449. The minimum atomic E-state index is -0.286. The average molecular weight is 431 g/mol. The van der Waals surface area contributed by atoms with E-state index >= 15 is 0 Å². The van der Waals surface area contributed by atoms with E-state index in [2.05, 4.69) is 21.6 Å². The fourth-order valence-electron chi connectivity index (χ4n) is 3.13. The summed E-state index contributed by atoms with van der Waals surface area (Å²) < 4.78 is 11.0. The third kappa shape index (κ3) is 6.24. The van der Waals surface area contributed by atoms with Crippen molar-refractivity contribution in [3.8, 4) is 23.3 Å². The maximum Gasteiger partial charge on any atom is 0.319 e. The average Bonchev–Trinajstić information content (AvgIpc) is 2.81. The second kappa shape index (κ2) is 10.8. The van der Waals surface area contributed by atoms with Crippen LogP contribution < -0.4 is 20.1 Å². The standard InChI is InChI=1S/C25H26N4O3/c1-29(2)24(19-6-12-21(31-3)13-7-19)17-27-25(30)28-20-8-14-23(15-9-20)32-22-10-4-18(16-26)5-11-22/h4-15,24H,17H2,1-3H3,(H2,27,28,30). The number of nitriles is 1. The van der Waals surface area contributed by atoms with E-state index in [-0.39, 0.29) is 12.1 Å². The van der Waals surface area contributed by atoms with Crippen LogP contribution in [0.1, 0.15) is 17.2 Å². The monoisotopic (exact) mass is 430 g/mol. The first-order valence-corrected chi connectivity index (χ1v) is 10.1. The molecule has 7 nitrogen and oxygen atoms in total. The van der Waals surface area contributed by atoms with Gasteiger partial charge in [0, 0.05) is 12.2 Å². The van der Waals surface area contributed by atoms with Crippen molar-refractivity contribution in [3.63, 3.8) is 0 Å². The third-order valence-corrected chi connectivity index (χ3v) is 4.91. The summed E-state index contributed by atoms with van der Waals surface area (Å²) >= 11 is 0. The normalized spacial score (nSPS) is 11.3. The SMILES string of the molecule is COc1ccc(C(CNC(=O)Nc2ccc(Oc3ccc(C#N)cc3)cc2)N(C)C)cc1. The van der Waals surface area contributed by atoms with Crippen LogP contribution in [-0.2, 0) is 0 Å². The Hall–Kier alpha value is -4.02. The van der Waals surface area contributed by atoms with Crippen molar-refractivity contribution < 1.29 is 14.3 Å². The van der Waals surface area contributed by atoms with E-state index in [0.717, 1.165) is 11.3 Å². The zero-order valence-electron chi connectivity index (χ0n) is 18.3. The van der Waals surface area contributed by atoms with Gasteiger partial charge >= 0.3 is 6.03 Å². The van der Waals surface area contributed by atoms with E-state index in [1.807, 2.05) is 38.4 Å². The molecule has 3 aromatic rings. The van der Waals surface area contributed by atoms with Crippen molar-refractivity contribution in [2.75, 3.05) is 33.1 Å². The van der Waals surface area contributed by atoms with Gasteiger partial charge in [-0.25, -0.2) is 4.79 Å². The number of hydrogen-bond donors (Lipinski definition) is 2. The first-order valence-electron chi connectivity index (χ1n) is 10.1. The molecule has 0 aromatic heterocycles. The highest BCUT2D eigenvalue weighted by molar-refractivity contribution is 5.89. The highest BCUT2D eigenvalue weighted by atomic mass is 16.5. The molecule has 2 amide bonds. The van der Waals surface area contributed by atoms with Crippen molar-refractivity contribution in [2.24, 2.45) is 0 Å². The summed E-state index contributed by atoms with van der Waals surface area (Å²) in [5.74, 6) is 2.06. The maximum atomic E-state index is 12.4. The Morgan fingerprint density at radius 3 is 2.03 bits per heavy atom. The lowest BCUT2D eigenvalue weighted by atomic mass is 10.1. The van der Waals surface area contributed by atoms with Gasteiger partial charge in [-0.3, -0.25) is 0 Å². The summed E-state index contributed by atoms with van der Waals surface area (Å²) in [7, 11) is 5.58. The van der Waals surface area contributed by atoms with Crippen molar-refractivity contribution in [1.29, 1.82) is 5.26 Å². The molecule has 0 radical (unpaired) electrons. The van der Waals surface area contributed by atoms with Gasteiger partial charge in [0.15, 0.2) is 0 Å². The van der Waals surface area contributed by atoms with Crippen molar-refractivity contribution in [3.05, 3.63) is 83.9 Å². The summed E-state index contributed by atoms with van der Waals surface area (Å²) in [5.41, 5.74) is 2.31. The predicted molar refractivity (Wildman–Crippen MR) is 124 cm³/mol. The van der Waals surface area contributed by atoms with Crippen LogP contribution in [0.2, 0.25) is 0 Å². The number of rotatable bonds is 8. The fourth-order valence-corrected chi connectivity index (χ4v) is 3.13. The van der Waals surface area contributed by atoms with Crippen LogP contribution in [0.25, 0.3) is 0 Å². The van der Waals surface area contributed by atoms with E-state index in [0.29, 0.717) is 29.3 Å². The Kier molecular flexibility index (Phi) is 7.68. The van der Waals surface area contributed by atoms with Gasteiger partial charge in [-0.15, -0.1) is 0 Å². The van der Waals surface area contributed by atoms with Crippen LogP contribution in [0, 0.1) is 11.3 Å². The molecular weight excluding hydrogens is 404 g/mol. The van der Waals surface area contributed by atoms with Gasteiger partial charge in [-0.1, -0.05) is 12.1 Å². The molecule has 0 saturated heterocycles. The number of carbonyl (C=O) groups is 1. The number of carbonyl (C=O) groups excluding carboxylic acids is 1. The van der Waals surface area contributed by atoms with E-state index in [4.69, 9.17) is 14.7 Å². The second-order valence-corrected chi connectivity index (χ2v) is 7.35. The third-order valence-electron chi connectivity index (χ3n) is 4.91. The fraction of sp³-hybridized carbons (Fsp3) is 0.200. The lowest BCUT2D eigenvalue weighted by molar-refractivity contribution is 0.243. The summed E-state index contributed by atoms with van der Waals surface area (Å²) in [4.78, 5) is 14.4. The van der Waals surface area contributed by atoms with E-state index in [1.54, 1.807) is 55.6 Å². The zero-order chi connectivity index (χ0) is 22.9. The molecular formula is C25H26N4O3. The van der Waals surface area contributed by atoms with Gasteiger partial charge < -0.3 is 25.0 Å². The molecule has 0 bridgehead atoms. The molecule has 0 aliphatic rings. The molecule has 1 unspecified atom stereocenters. The summed E-state index contributed by atoms with van der Waals surface area (Å²) in [6.07, 6.45) is 0. The zero-order valence-corrected chi connectivity index (χ0v) is 18.3. The molecule has 32 heavy (non-hydrogen) atoms. The van der Waals surface area contributed by atoms with Crippen molar-refractivity contribution in [2.45, 2.75) is 6.04 Å². The number of nitrogens with zero attached hydrogens (tertiary/aromatic N) is 2. The smallest absolute Gasteiger partial charge is 0.319 e. The quantitative estimate of drug-likeness (QED) is 0.537. The number of amides is 2. The Bertz CT molecular complexity index is 1060. The molecule has 3 aromatic carbocycles. The minimum absolute atomic E-state index is 0.0230. The summed E-state index contributed by atoms with van der Waals surface area (Å²) in [6, 6.07) is 23.6. The predicted octanol–water partition coefficient (Wildman–Crippen LogP) is 4.78. The van der Waals surface area contributed by atoms with Gasteiger partial charge in [-0.05, 0) is 80.3 Å². The lowest BCUT2D eigenvalue weighted by Crippen LogP contribution is -2.36. The Balaban J connectivity index is 1.53.